The van der Waals surface area contributed by atoms with Crippen LogP contribution in [0.4, 0.5) is 10.1 Å². The first-order valence-electron chi connectivity index (χ1n) is 5.95. The topological polar surface area (TPSA) is 12.0 Å². The molecule has 0 saturated heterocycles. The van der Waals surface area contributed by atoms with Gasteiger partial charge < -0.3 is 5.32 Å². The molecule has 1 N–H and O–H groups in total. The smallest absolute Gasteiger partial charge is 0.146 e. The van der Waals surface area contributed by atoms with Gasteiger partial charge in [0.25, 0.3) is 0 Å². The molecule has 3 rings (SSSR count). The van der Waals surface area contributed by atoms with Crippen molar-refractivity contribution in [1.82, 2.24) is 0 Å². The fourth-order valence-corrected chi connectivity index (χ4v) is 2.68. The minimum Gasteiger partial charge on any atom is -0.379 e. The Labute approximate surface area is 104 Å². The van der Waals surface area contributed by atoms with Crippen LogP contribution in [0, 0.1) is 17.7 Å². The van der Waals surface area contributed by atoms with Crippen molar-refractivity contribution in [2.45, 2.75) is 31.7 Å². The highest BCUT2D eigenvalue weighted by Gasteiger charge is 2.41. The minimum atomic E-state index is -0.144. The van der Waals surface area contributed by atoms with Gasteiger partial charge in [-0.1, -0.05) is 15.9 Å². The van der Waals surface area contributed by atoms with Crippen molar-refractivity contribution in [3.63, 3.8) is 0 Å². The van der Waals surface area contributed by atoms with Crippen LogP contribution in [0.3, 0.4) is 0 Å². The Kier molecular flexibility index (Phi) is 2.66. The van der Waals surface area contributed by atoms with Gasteiger partial charge in [0.2, 0.25) is 0 Å². The van der Waals surface area contributed by atoms with E-state index in [9.17, 15) is 4.39 Å². The molecule has 0 radical (unpaired) electrons. The van der Waals surface area contributed by atoms with E-state index in [1.807, 2.05) is 6.07 Å². The Hall–Kier alpha value is -0.570. The van der Waals surface area contributed by atoms with Crippen molar-refractivity contribution in [3.8, 4) is 0 Å². The maximum Gasteiger partial charge on any atom is 0.146 e. The van der Waals surface area contributed by atoms with E-state index in [4.69, 9.17) is 0 Å². The van der Waals surface area contributed by atoms with Crippen LogP contribution in [-0.2, 0) is 0 Å². The third-order valence-electron chi connectivity index (χ3n) is 3.51. The first-order valence-corrected chi connectivity index (χ1v) is 6.75. The van der Waals surface area contributed by atoms with E-state index >= 15 is 0 Å². The van der Waals surface area contributed by atoms with E-state index in [1.165, 1.54) is 31.7 Å². The van der Waals surface area contributed by atoms with Crippen LogP contribution in [-0.4, -0.2) is 6.04 Å². The summed E-state index contributed by atoms with van der Waals surface area (Å²) in [6.07, 6.45) is 5.24. The zero-order chi connectivity index (χ0) is 11.1. The molecule has 1 aromatic carbocycles. The van der Waals surface area contributed by atoms with Crippen molar-refractivity contribution in [2.24, 2.45) is 11.8 Å². The largest absolute Gasteiger partial charge is 0.379 e. The van der Waals surface area contributed by atoms with E-state index in [0.717, 1.165) is 16.3 Å². The van der Waals surface area contributed by atoms with Gasteiger partial charge in [0, 0.05) is 10.5 Å². The SMILES string of the molecule is Fc1ccc(Br)cc1NC(C1CC1)C1CC1. The first kappa shape index (κ1) is 10.6. The second kappa shape index (κ2) is 4.02. The number of hydrogen-bond acceptors (Lipinski definition) is 1. The number of halogens is 2. The fraction of sp³-hybridized carbons (Fsp3) is 0.538. The van der Waals surface area contributed by atoms with E-state index in [-0.39, 0.29) is 5.82 Å². The summed E-state index contributed by atoms with van der Waals surface area (Å²) in [7, 11) is 0. The summed E-state index contributed by atoms with van der Waals surface area (Å²) in [5.74, 6) is 1.42. The Balaban J connectivity index is 1.78. The van der Waals surface area contributed by atoms with Gasteiger partial charge in [-0.3, -0.25) is 0 Å². The molecule has 86 valence electrons. The molecule has 3 heteroatoms. The molecule has 0 amide bonds. The zero-order valence-electron chi connectivity index (χ0n) is 9.05. The summed E-state index contributed by atoms with van der Waals surface area (Å²) in [4.78, 5) is 0. The molecule has 0 spiro atoms. The van der Waals surface area contributed by atoms with Gasteiger partial charge in [-0.2, -0.15) is 0 Å². The summed E-state index contributed by atoms with van der Waals surface area (Å²) in [6.45, 7) is 0. The molecular weight excluding hydrogens is 269 g/mol. The highest BCUT2D eigenvalue weighted by atomic mass is 79.9. The lowest BCUT2D eigenvalue weighted by Crippen LogP contribution is -2.24. The number of rotatable bonds is 4. The molecule has 0 aliphatic heterocycles. The number of nitrogens with one attached hydrogen (secondary N) is 1. The Morgan fingerprint density at radius 2 is 1.81 bits per heavy atom. The first-order chi connectivity index (χ1) is 7.74. The Morgan fingerprint density at radius 1 is 1.19 bits per heavy atom. The average molecular weight is 284 g/mol. The second-order valence-corrected chi connectivity index (χ2v) is 5.88. The monoisotopic (exact) mass is 283 g/mol. The maximum absolute atomic E-state index is 13.6. The lowest BCUT2D eigenvalue weighted by atomic mass is 10.1. The van der Waals surface area contributed by atoms with E-state index in [0.29, 0.717) is 11.7 Å². The molecule has 2 aliphatic carbocycles. The number of anilines is 1. The van der Waals surface area contributed by atoms with Crippen molar-refractivity contribution >= 4 is 21.6 Å². The third-order valence-corrected chi connectivity index (χ3v) is 4.00. The Bertz CT molecular complexity index is 387. The van der Waals surface area contributed by atoms with Gasteiger partial charge in [0.1, 0.15) is 5.82 Å². The van der Waals surface area contributed by atoms with Crippen molar-refractivity contribution < 1.29 is 4.39 Å². The molecule has 1 aromatic rings. The van der Waals surface area contributed by atoms with Crippen LogP contribution >= 0.6 is 15.9 Å². The molecule has 0 aromatic heterocycles. The predicted molar refractivity (Wildman–Crippen MR) is 67.0 cm³/mol. The van der Waals surface area contributed by atoms with E-state index in [2.05, 4.69) is 21.2 Å². The lowest BCUT2D eigenvalue weighted by molar-refractivity contribution is 0.557. The number of benzene rings is 1. The number of hydrogen-bond donors (Lipinski definition) is 1. The van der Waals surface area contributed by atoms with Crippen LogP contribution < -0.4 is 5.32 Å². The molecule has 1 nitrogen and oxygen atoms in total. The van der Waals surface area contributed by atoms with Crippen molar-refractivity contribution in [1.29, 1.82) is 0 Å². The third kappa shape index (κ3) is 2.24. The highest BCUT2D eigenvalue weighted by molar-refractivity contribution is 9.10. The fourth-order valence-electron chi connectivity index (χ4n) is 2.32. The van der Waals surface area contributed by atoms with E-state index in [1.54, 1.807) is 6.07 Å². The highest BCUT2D eigenvalue weighted by Crippen LogP contribution is 2.46. The molecular formula is C13H15BrFN. The molecule has 0 heterocycles. The quantitative estimate of drug-likeness (QED) is 0.874. The summed E-state index contributed by atoms with van der Waals surface area (Å²) in [5.41, 5.74) is 0.651. The zero-order valence-corrected chi connectivity index (χ0v) is 10.6. The Morgan fingerprint density at radius 3 is 2.38 bits per heavy atom. The van der Waals surface area contributed by atoms with Gasteiger partial charge in [-0.25, -0.2) is 4.39 Å². The summed E-state index contributed by atoms with van der Waals surface area (Å²) >= 11 is 3.38. The van der Waals surface area contributed by atoms with Crippen LogP contribution in [0.5, 0.6) is 0 Å². The summed E-state index contributed by atoms with van der Waals surface area (Å²) < 4.78 is 14.5. The molecule has 0 bridgehead atoms. The van der Waals surface area contributed by atoms with E-state index < -0.39 is 0 Å². The summed E-state index contributed by atoms with van der Waals surface area (Å²) in [6, 6.07) is 5.60. The van der Waals surface area contributed by atoms with Gasteiger partial charge >= 0.3 is 0 Å². The van der Waals surface area contributed by atoms with Crippen LogP contribution in [0.25, 0.3) is 0 Å². The second-order valence-electron chi connectivity index (χ2n) is 4.97. The molecule has 0 unspecified atom stereocenters. The minimum absolute atomic E-state index is 0.144. The van der Waals surface area contributed by atoms with Gasteiger partial charge in [0.05, 0.1) is 5.69 Å². The van der Waals surface area contributed by atoms with Gasteiger partial charge in [-0.05, 0) is 55.7 Å². The van der Waals surface area contributed by atoms with Crippen LogP contribution in [0.1, 0.15) is 25.7 Å². The van der Waals surface area contributed by atoms with Crippen molar-refractivity contribution in [2.75, 3.05) is 5.32 Å². The summed E-state index contributed by atoms with van der Waals surface area (Å²) in [5, 5.41) is 3.41. The van der Waals surface area contributed by atoms with Gasteiger partial charge in [-0.15, -0.1) is 0 Å². The molecule has 0 atom stereocenters. The normalized spacial score (nSPS) is 20.2. The standard InChI is InChI=1S/C13H15BrFN/c14-10-5-6-11(15)12(7-10)16-13(8-1-2-8)9-3-4-9/h5-9,13,16H,1-4H2. The molecule has 2 saturated carbocycles. The average Bonchev–Trinajstić information content (AvgIpc) is 3.13. The molecule has 2 aliphatic rings. The van der Waals surface area contributed by atoms with Crippen LogP contribution in [0.2, 0.25) is 0 Å². The molecule has 2 fully saturated rings. The van der Waals surface area contributed by atoms with Crippen molar-refractivity contribution in [3.05, 3.63) is 28.5 Å². The lowest BCUT2D eigenvalue weighted by Gasteiger charge is -2.19. The molecule has 16 heavy (non-hydrogen) atoms. The maximum atomic E-state index is 13.6. The van der Waals surface area contributed by atoms with Gasteiger partial charge in [0.15, 0.2) is 0 Å². The van der Waals surface area contributed by atoms with Crippen LogP contribution in [0.15, 0.2) is 22.7 Å². The predicted octanol–water partition coefficient (Wildman–Crippen LogP) is 4.19.